The van der Waals surface area contributed by atoms with E-state index in [9.17, 15) is 4.39 Å². The van der Waals surface area contributed by atoms with E-state index in [1.54, 1.807) is 30.3 Å². The zero-order chi connectivity index (χ0) is 11.4. The van der Waals surface area contributed by atoms with E-state index in [1.165, 1.54) is 12.3 Å². The van der Waals surface area contributed by atoms with Gasteiger partial charge in [-0.2, -0.15) is 4.39 Å². The molecule has 1 aromatic carbocycles. The average Bonchev–Trinajstić information content (AvgIpc) is 2.30. The van der Waals surface area contributed by atoms with Crippen molar-refractivity contribution in [1.29, 1.82) is 0 Å². The summed E-state index contributed by atoms with van der Waals surface area (Å²) in [6.45, 7) is -0.00976. The molecule has 0 bridgehead atoms. The van der Waals surface area contributed by atoms with E-state index >= 15 is 0 Å². The predicted octanol–water partition coefficient (Wildman–Crippen LogP) is 2.51. The highest BCUT2D eigenvalue weighted by molar-refractivity contribution is 5.32. The second kappa shape index (κ2) is 4.72. The van der Waals surface area contributed by atoms with Crippen molar-refractivity contribution in [2.75, 3.05) is 0 Å². The van der Waals surface area contributed by atoms with E-state index in [4.69, 9.17) is 9.84 Å². The summed E-state index contributed by atoms with van der Waals surface area (Å²) in [5.74, 6) is 0.400. The summed E-state index contributed by atoms with van der Waals surface area (Å²) in [6, 6.07) is 9.69. The molecular weight excluding hydrogens is 209 g/mol. The summed E-state index contributed by atoms with van der Waals surface area (Å²) in [5.41, 5.74) is 0.799. The Labute approximate surface area is 92.1 Å². The molecule has 0 atom stereocenters. The number of hydrogen-bond donors (Lipinski definition) is 1. The van der Waals surface area contributed by atoms with E-state index < -0.39 is 5.95 Å². The van der Waals surface area contributed by atoms with Crippen LogP contribution in [0.1, 0.15) is 5.56 Å². The van der Waals surface area contributed by atoms with E-state index in [2.05, 4.69) is 4.98 Å². The fraction of sp³-hybridized carbons (Fsp3) is 0.0833. The first kappa shape index (κ1) is 10.6. The van der Waals surface area contributed by atoms with Gasteiger partial charge in [0.05, 0.1) is 6.61 Å². The van der Waals surface area contributed by atoms with Crippen molar-refractivity contribution < 1.29 is 14.2 Å². The number of pyridine rings is 1. The number of rotatable bonds is 3. The number of halogens is 1. The lowest BCUT2D eigenvalue weighted by molar-refractivity contribution is 0.281. The number of aliphatic hydroxyl groups excluding tert-OH is 1. The maximum absolute atomic E-state index is 12.8. The lowest BCUT2D eigenvalue weighted by Crippen LogP contribution is -1.88. The van der Waals surface area contributed by atoms with Gasteiger partial charge in [-0.3, -0.25) is 0 Å². The van der Waals surface area contributed by atoms with Crippen LogP contribution in [-0.2, 0) is 6.61 Å². The fourth-order valence-corrected chi connectivity index (χ4v) is 1.25. The molecule has 0 amide bonds. The predicted molar refractivity (Wildman–Crippen MR) is 56.6 cm³/mol. The molecule has 0 radical (unpaired) electrons. The molecular formula is C12H10FNO2. The Morgan fingerprint density at radius 1 is 1.12 bits per heavy atom. The number of aromatic nitrogens is 1. The molecule has 0 unspecified atom stereocenters. The van der Waals surface area contributed by atoms with Gasteiger partial charge < -0.3 is 9.84 Å². The molecule has 0 spiro atoms. The number of ether oxygens (including phenoxy) is 1. The van der Waals surface area contributed by atoms with Crippen molar-refractivity contribution in [1.82, 2.24) is 4.98 Å². The van der Waals surface area contributed by atoms with Crippen LogP contribution in [0.25, 0.3) is 0 Å². The number of nitrogens with zero attached hydrogens (tertiary/aromatic N) is 1. The Morgan fingerprint density at radius 3 is 2.50 bits per heavy atom. The lowest BCUT2D eigenvalue weighted by atomic mass is 10.2. The van der Waals surface area contributed by atoms with Crippen LogP contribution in [-0.4, -0.2) is 10.1 Å². The third kappa shape index (κ3) is 2.55. The molecule has 0 aliphatic rings. The second-order valence-corrected chi connectivity index (χ2v) is 3.22. The topological polar surface area (TPSA) is 42.4 Å². The van der Waals surface area contributed by atoms with Crippen molar-refractivity contribution in [3.63, 3.8) is 0 Å². The van der Waals surface area contributed by atoms with E-state index in [1.807, 2.05) is 0 Å². The van der Waals surface area contributed by atoms with Gasteiger partial charge in [-0.1, -0.05) is 12.1 Å². The maximum Gasteiger partial charge on any atom is 0.216 e. The minimum atomic E-state index is -0.579. The van der Waals surface area contributed by atoms with Crippen LogP contribution in [0.4, 0.5) is 4.39 Å². The van der Waals surface area contributed by atoms with Crippen LogP contribution in [0.2, 0.25) is 0 Å². The Balaban J connectivity index is 2.14. The van der Waals surface area contributed by atoms with Gasteiger partial charge in [0.25, 0.3) is 0 Å². The molecule has 1 heterocycles. The van der Waals surface area contributed by atoms with Crippen LogP contribution < -0.4 is 4.74 Å². The Bertz CT molecular complexity index is 471. The van der Waals surface area contributed by atoms with Crippen molar-refractivity contribution in [2.24, 2.45) is 0 Å². The molecule has 0 aliphatic heterocycles. The minimum absolute atomic E-state index is 0.00976. The fourth-order valence-electron chi connectivity index (χ4n) is 1.25. The zero-order valence-electron chi connectivity index (χ0n) is 8.43. The third-order valence-corrected chi connectivity index (χ3v) is 2.04. The summed E-state index contributed by atoms with van der Waals surface area (Å²) in [5, 5.41) is 8.86. The highest BCUT2D eigenvalue weighted by Crippen LogP contribution is 2.21. The summed E-state index contributed by atoms with van der Waals surface area (Å²) in [4.78, 5) is 3.43. The molecule has 0 fully saturated rings. The normalized spacial score (nSPS) is 10.1. The van der Waals surface area contributed by atoms with Gasteiger partial charge in [0.2, 0.25) is 5.95 Å². The van der Waals surface area contributed by atoms with Crippen molar-refractivity contribution >= 4 is 0 Å². The SMILES string of the molecule is OCc1ccc(Oc2ccnc(F)c2)cc1. The first-order valence-corrected chi connectivity index (χ1v) is 4.77. The van der Waals surface area contributed by atoms with E-state index in [0.717, 1.165) is 5.56 Å². The Hall–Kier alpha value is -1.94. The van der Waals surface area contributed by atoms with Crippen LogP contribution >= 0.6 is 0 Å². The molecule has 0 saturated carbocycles. The number of benzene rings is 1. The molecule has 2 aromatic rings. The maximum atomic E-state index is 12.8. The molecule has 0 saturated heterocycles. The largest absolute Gasteiger partial charge is 0.457 e. The minimum Gasteiger partial charge on any atom is -0.457 e. The van der Waals surface area contributed by atoms with Crippen LogP contribution in [0.3, 0.4) is 0 Å². The first-order valence-electron chi connectivity index (χ1n) is 4.77. The van der Waals surface area contributed by atoms with Gasteiger partial charge in [0.1, 0.15) is 11.5 Å². The van der Waals surface area contributed by atoms with Crippen LogP contribution in [0.15, 0.2) is 42.6 Å². The lowest BCUT2D eigenvalue weighted by Gasteiger charge is -2.05. The number of hydrogen-bond acceptors (Lipinski definition) is 3. The van der Waals surface area contributed by atoms with Gasteiger partial charge in [-0.25, -0.2) is 4.98 Å². The first-order chi connectivity index (χ1) is 7.78. The molecule has 4 heteroatoms. The second-order valence-electron chi connectivity index (χ2n) is 3.22. The molecule has 1 aromatic heterocycles. The molecule has 0 aliphatic carbocycles. The summed E-state index contributed by atoms with van der Waals surface area (Å²) >= 11 is 0. The standard InChI is InChI=1S/C12H10FNO2/c13-12-7-11(5-6-14-12)16-10-3-1-9(8-15)2-4-10/h1-7,15H,8H2. The quantitative estimate of drug-likeness (QED) is 0.806. The van der Waals surface area contributed by atoms with Gasteiger partial charge in [0.15, 0.2) is 0 Å². The highest BCUT2D eigenvalue weighted by atomic mass is 19.1. The monoisotopic (exact) mass is 219 g/mol. The molecule has 82 valence electrons. The summed E-state index contributed by atoms with van der Waals surface area (Å²) in [7, 11) is 0. The van der Waals surface area contributed by atoms with Crippen LogP contribution in [0, 0.1) is 5.95 Å². The third-order valence-electron chi connectivity index (χ3n) is 2.04. The van der Waals surface area contributed by atoms with Crippen LogP contribution in [0.5, 0.6) is 11.5 Å². The van der Waals surface area contributed by atoms with Crippen molar-refractivity contribution in [3.8, 4) is 11.5 Å². The van der Waals surface area contributed by atoms with Crippen molar-refractivity contribution in [3.05, 3.63) is 54.1 Å². The van der Waals surface area contributed by atoms with E-state index in [-0.39, 0.29) is 6.61 Å². The van der Waals surface area contributed by atoms with E-state index in [0.29, 0.717) is 11.5 Å². The molecule has 2 rings (SSSR count). The molecule has 3 nitrogen and oxygen atoms in total. The molecule has 1 N–H and O–H groups in total. The van der Waals surface area contributed by atoms with Gasteiger partial charge >= 0.3 is 0 Å². The summed E-state index contributed by atoms with van der Waals surface area (Å²) in [6.07, 6.45) is 1.34. The Kier molecular flexibility index (Phi) is 3.12. The number of aliphatic hydroxyl groups is 1. The Morgan fingerprint density at radius 2 is 1.88 bits per heavy atom. The van der Waals surface area contributed by atoms with Crippen molar-refractivity contribution in [2.45, 2.75) is 6.61 Å². The van der Waals surface area contributed by atoms with Gasteiger partial charge in [-0.05, 0) is 23.8 Å². The smallest absolute Gasteiger partial charge is 0.216 e. The average molecular weight is 219 g/mol. The zero-order valence-corrected chi connectivity index (χ0v) is 8.43. The molecule has 16 heavy (non-hydrogen) atoms. The summed E-state index contributed by atoms with van der Waals surface area (Å²) < 4.78 is 18.2. The highest BCUT2D eigenvalue weighted by Gasteiger charge is 1.99. The van der Waals surface area contributed by atoms with Gasteiger partial charge in [-0.15, -0.1) is 0 Å². The van der Waals surface area contributed by atoms with Gasteiger partial charge in [0, 0.05) is 12.3 Å².